The van der Waals surface area contributed by atoms with Gasteiger partial charge in [-0.25, -0.2) is 4.98 Å². The van der Waals surface area contributed by atoms with E-state index in [0.717, 1.165) is 40.5 Å². The number of anilines is 2. The predicted octanol–water partition coefficient (Wildman–Crippen LogP) is 1.79. The molecular weight excluding hydrogens is 282 g/mol. The van der Waals surface area contributed by atoms with Gasteiger partial charge in [-0.3, -0.25) is 4.99 Å². The highest BCUT2D eigenvalue weighted by atomic mass is 79.9. The summed E-state index contributed by atoms with van der Waals surface area (Å²) >= 11 is 3.55. The summed E-state index contributed by atoms with van der Waals surface area (Å²) in [5.74, 6) is 2.57. The van der Waals surface area contributed by atoms with Gasteiger partial charge in [0.05, 0.1) is 16.7 Å². The lowest BCUT2D eigenvalue weighted by molar-refractivity contribution is 0.974. The first-order chi connectivity index (χ1) is 8.20. The Balaban J connectivity index is 2.23. The van der Waals surface area contributed by atoms with E-state index >= 15 is 0 Å². The molecule has 0 saturated carbocycles. The molecule has 0 amide bonds. The molecule has 0 saturated heterocycles. The number of aromatic nitrogens is 2. The number of hydrogen-bond donors (Lipinski definition) is 1. The standard InChI is InChI=1S/C11H12BrN5/c1-6-7-5-8(12)10-14-3-4-17(10)9(7)16-11(13-2)15-6/h5H,3-4H2,1-2H3,(H,13,15,16). The van der Waals surface area contributed by atoms with Gasteiger partial charge in [-0.2, -0.15) is 4.98 Å². The van der Waals surface area contributed by atoms with Crippen LogP contribution in [0.25, 0.3) is 6.08 Å². The molecule has 0 aromatic carbocycles. The number of nitrogens with zero attached hydrogens (tertiary/aromatic N) is 4. The lowest BCUT2D eigenvalue weighted by Crippen LogP contribution is -2.32. The second-order valence-electron chi connectivity index (χ2n) is 3.97. The lowest BCUT2D eigenvalue weighted by atomic mass is 10.1. The van der Waals surface area contributed by atoms with E-state index in [1.54, 1.807) is 0 Å². The quantitative estimate of drug-likeness (QED) is 0.858. The van der Waals surface area contributed by atoms with E-state index in [0.29, 0.717) is 5.95 Å². The monoisotopic (exact) mass is 293 g/mol. The Bertz CT molecular complexity index is 549. The number of fused-ring (bicyclic) bond motifs is 3. The van der Waals surface area contributed by atoms with Gasteiger partial charge in [0.1, 0.15) is 11.7 Å². The number of nitrogens with one attached hydrogen (secondary N) is 1. The van der Waals surface area contributed by atoms with Crippen LogP contribution in [0.15, 0.2) is 9.47 Å². The van der Waals surface area contributed by atoms with Crippen molar-refractivity contribution in [3.8, 4) is 0 Å². The van der Waals surface area contributed by atoms with E-state index in [9.17, 15) is 0 Å². The van der Waals surface area contributed by atoms with E-state index in [1.807, 2.05) is 20.0 Å². The van der Waals surface area contributed by atoms with Crippen LogP contribution in [0.3, 0.4) is 0 Å². The molecule has 1 N–H and O–H groups in total. The molecular formula is C11H12BrN5. The fourth-order valence-corrected chi connectivity index (χ4v) is 2.67. The topological polar surface area (TPSA) is 53.4 Å². The van der Waals surface area contributed by atoms with Gasteiger partial charge in [0, 0.05) is 19.2 Å². The van der Waals surface area contributed by atoms with Gasteiger partial charge in [0.25, 0.3) is 0 Å². The van der Waals surface area contributed by atoms with Crippen molar-refractivity contribution < 1.29 is 0 Å². The van der Waals surface area contributed by atoms with E-state index in [2.05, 4.69) is 41.1 Å². The van der Waals surface area contributed by atoms with Crippen molar-refractivity contribution in [1.29, 1.82) is 0 Å². The molecule has 3 heterocycles. The molecule has 6 heteroatoms. The van der Waals surface area contributed by atoms with Gasteiger partial charge in [0.15, 0.2) is 0 Å². The Morgan fingerprint density at radius 1 is 1.41 bits per heavy atom. The van der Waals surface area contributed by atoms with Crippen LogP contribution in [0.4, 0.5) is 11.8 Å². The molecule has 0 radical (unpaired) electrons. The summed E-state index contributed by atoms with van der Waals surface area (Å²) in [5.41, 5.74) is 2.04. The van der Waals surface area contributed by atoms with Crippen LogP contribution >= 0.6 is 15.9 Å². The molecule has 2 aliphatic heterocycles. The summed E-state index contributed by atoms with van der Waals surface area (Å²) in [6, 6.07) is 0. The first-order valence-corrected chi connectivity index (χ1v) is 6.26. The minimum Gasteiger partial charge on any atom is -0.357 e. The van der Waals surface area contributed by atoms with Crippen molar-refractivity contribution >= 4 is 39.6 Å². The smallest absolute Gasteiger partial charge is 0.224 e. The zero-order valence-corrected chi connectivity index (χ0v) is 11.2. The van der Waals surface area contributed by atoms with Crippen LogP contribution in [0.5, 0.6) is 0 Å². The Kier molecular flexibility index (Phi) is 2.39. The summed E-state index contributed by atoms with van der Waals surface area (Å²) < 4.78 is 1.01. The van der Waals surface area contributed by atoms with Crippen LogP contribution in [-0.2, 0) is 0 Å². The zero-order chi connectivity index (χ0) is 12.0. The second kappa shape index (κ2) is 3.80. The molecule has 0 fully saturated rings. The molecule has 5 nitrogen and oxygen atoms in total. The second-order valence-corrected chi connectivity index (χ2v) is 4.82. The fourth-order valence-electron chi connectivity index (χ4n) is 2.10. The van der Waals surface area contributed by atoms with Gasteiger partial charge in [-0.05, 0) is 28.9 Å². The summed E-state index contributed by atoms with van der Waals surface area (Å²) in [6.07, 6.45) is 2.05. The highest BCUT2D eigenvalue weighted by Crippen LogP contribution is 2.34. The largest absolute Gasteiger partial charge is 0.357 e. The molecule has 1 aromatic heterocycles. The molecule has 3 rings (SSSR count). The number of halogens is 1. The van der Waals surface area contributed by atoms with Crippen LogP contribution in [-0.4, -0.2) is 35.9 Å². The minimum absolute atomic E-state index is 0.652. The van der Waals surface area contributed by atoms with Crippen molar-refractivity contribution in [1.82, 2.24) is 9.97 Å². The molecule has 2 aliphatic rings. The van der Waals surface area contributed by atoms with Crippen molar-refractivity contribution in [3.05, 3.63) is 15.7 Å². The molecule has 0 atom stereocenters. The van der Waals surface area contributed by atoms with Crippen LogP contribution in [0, 0.1) is 6.92 Å². The number of amidine groups is 1. The summed E-state index contributed by atoms with van der Waals surface area (Å²) in [7, 11) is 1.83. The average Bonchev–Trinajstić information content (AvgIpc) is 2.80. The molecule has 0 spiro atoms. The van der Waals surface area contributed by atoms with Gasteiger partial charge in [-0.1, -0.05) is 0 Å². The molecule has 1 aromatic rings. The summed E-state index contributed by atoms with van der Waals surface area (Å²) in [5, 5.41) is 2.99. The third-order valence-electron chi connectivity index (χ3n) is 2.92. The van der Waals surface area contributed by atoms with Crippen LogP contribution < -0.4 is 10.2 Å². The molecule has 17 heavy (non-hydrogen) atoms. The van der Waals surface area contributed by atoms with Crippen molar-refractivity contribution in [3.63, 3.8) is 0 Å². The average molecular weight is 294 g/mol. The minimum atomic E-state index is 0.652. The Morgan fingerprint density at radius 2 is 2.24 bits per heavy atom. The number of aryl methyl sites for hydroxylation is 1. The number of aliphatic imine (C=N–C) groups is 1. The third-order valence-corrected chi connectivity index (χ3v) is 3.50. The SMILES string of the molecule is CNc1nc(C)c2c(n1)N1CCN=C1C(Br)=C2. The normalized spacial score (nSPS) is 17.2. The van der Waals surface area contributed by atoms with Crippen LogP contribution in [0.1, 0.15) is 11.3 Å². The van der Waals surface area contributed by atoms with E-state index in [-0.39, 0.29) is 0 Å². The van der Waals surface area contributed by atoms with Crippen molar-refractivity contribution in [2.45, 2.75) is 6.92 Å². The maximum atomic E-state index is 4.53. The Hall–Kier alpha value is -1.43. The van der Waals surface area contributed by atoms with Gasteiger partial charge in [0.2, 0.25) is 5.95 Å². The van der Waals surface area contributed by atoms with E-state index in [4.69, 9.17) is 0 Å². The fraction of sp³-hybridized carbons (Fsp3) is 0.364. The van der Waals surface area contributed by atoms with Gasteiger partial charge in [-0.15, -0.1) is 0 Å². The summed E-state index contributed by atoms with van der Waals surface area (Å²) in [4.78, 5) is 15.5. The first-order valence-electron chi connectivity index (χ1n) is 5.46. The predicted molar refractivity (Wildman–Crippen MR) is 72.9 cm³/mol. The number of hydrogen-bond acceptors (Lipinski definition) is 5. The molecule has 0 bridgehead atoms. The maximum Gasteiger partial charge on any atom is 0.224 e. The van der Waals surface area contributed by atoms with Crippen LogP contribution in [0.2, 0.25) is 0 Å². The highest BCUT2D eigenvalue weighted by Gasteiger charge is 2.29. The zero-order valence-electron chi connectivity index (χ0n) is 9.66. The Labute approximate surface area is 108 Å². The van der Waals surface area contributed by atoms with Gasteiger partial charge < -0.3 is 10.2 Å². The van der Waals surface area contributed by atoms with Crippen molar-refractivity contribution in [2.24, 2.45) is 4.99 Å². The van der Waals surface area contributed by atoms with Crippen molar-refractivity contribution in [2.75, 3.05) is 30.4 Å². The number of rotatable bonds is 1. The van der Waals surface area contributed by atoms with E-state index in [1.165, 1.54) is 0 Å². The van der Waals surface area contributed by atoms with E-state index < -0.39 is 0 Å². The first kappa shape index (κ1) is 10.7. The summed E-state index contributed by atoms with van der Waals surface area (Å²) in [6.45, 7) is 3.69. The highest BCUT2D eigenvalue weighted by molar-refractivity contribution is 9.12. The molecule has 88 valence electrons. The molecule has 0 aliphatic carbocycles. The maximum absolute atomic E-state index is 4.53. The Morgan fingerprint density at radius 3 is 3.00 bits per heavy atom. The lowest BCUT2D eigenvalue weighted by Gasteiger charge is -2.26. The molecule has 0 unspecified atom stereocenters. The van der Waals surface area contributed by atoms with Gasteiger partial charge >= 0.3 is 0 Å². The third kappa shape index (κ3) is 1.55.